The quantitative estimate of drug-likeness (QED) is 0.727. The molecule has 0 bridgehead atoms. The summed E-state index contributed by atoms with van der Waals surface area (Å²) in [5.41, 5.74) is 6.97. The highest BCUT2D eigenvalue weighted by atomic mass is 35.5. The number of ether oxygens (including phenoxy) is 1. The van der Waals surface area contributed by atoms with Crippen LogP contribution in [0.3, 0.4) is 0 Å². The third-order valence-corrected chi connectivity index (χ3v) is 6.26. The lowest BCUT2D eigenvalue weighted by atomic mass is 9.88. The smallest absolute Gasteiger partial charge is 0.265 e. The first-order valence-corrected chi connectivity index (χ1v) is 10.2. The zero-order chi connectivity index (χ0) is 19.7. The van der Waals surface area contributed by atoms with Crippen LogP contribution < -0.4 is 15.8 Å². The number of halogens is 2. The van der Waals surface area contributed by atoms with Crippen LogP contribution in [-0.4, -0.2) is 17.9 Å². The highest BCUT2D eigenvalue weighted by Crippen LogP contribution is 2.39. The normalized spacial score (nSPS) is 17.1. The predicted molar refractivity (Wildman–Crippen MR) is 109 cm³/mol. The van der Waals surface area contributed by atoms with Crippen molar-refractivity contribution in [3.8, 4) is 5.75 Å². The number of hydrogen-bond donors (Lipinski definition) is 2. The van der Waals surface area contributed by atoms with Crippen molar-refractivity contribution in [2.75, 3.05) is 5.32 Å². The Kier molecular flexibility index (Phi) is 5.99. The van der Waals surface area contributed by atoms with Crippen LogP contribution in [-0.2, 0) is 17.6 Å². The summed E-state index contributed by atoms with van der Waals surface area (Å²) in [6.07, 6.45) is 1.88. The van der Waals surface area contributed by atoms with Crippen LogP contribution in [0.5, 0.6) is 5.75 Å². The van der Waals surface area contributed by atoms with Gasteiger partial charge in [0.25, 0.3) is 11.8 Å². The fourth-order valence-electron chi connectivity index (χ4n) is 3.13. The molecule has 2 atom stereocenters. The van der Waals surface area contributed by atoms with Gasteiger partial charge in [-0.05, 0) is 55.9 Å². The van der Waals surface area contributed by atoms with Crippen LogP contribution in [0, 0.1) is 5.92 Å². The van der Waals surface area contributed by atoms with Crippen LogP contribution in [0.25, 0.3) is 0 Å². The second-order valence-electron chi connectivity index (χ2n) is 6.74. The molecule has 0 saturated heterocycles. The average molecular weight is 427 g/mol. The molecule has 0 spiro atoms. The predicted octanol–water partition coefficient (Wildman–Crippen LogP) is 4.68. The van der Waals surface area contributed by atoms with Crippen LogP contribution >= 0.6 is 34.5 Å². The number of fused-ring (bicyclic) bond motifs is 1. The second kappa shape index (κ2) is 8.09. The Hall–Kier alpha value is -1.76. The summed E-state index contributed by atoms with van der Waals surface area (Å²) in [4.78, 5) is 25.7. The van der Waals surface area contributed by atoms with Crippen LogP contribution in [0.1, 0.15) is 41.1 Å². The van der Waals surface area contributed by atoms with E-state index in [0.29, 0.717) is 32.3 Å². The molecule has 144 valence electrons. The van der Waals surface area contributed by atoms with Crippen molar-refractivity contribution in [1.82, 2.24) is 0 Å². The molecular weight excluding hydrogens is 407 g/mol. The van der Waals surface area contributed by atoms with E-state index in [0.717, 1.165) is 29.7 Å². The number of benzene rings is 1. The third kappa shape index (κ3) is 4.39. The monoisotopic (exact) mass is 426 g/mol. The summed E-state index contributed by atoms with van der Waals surface area (Å²) in [6.45, 7) is 3.79. The molecule has 2 aromatic rings. The zero-order valence-corrected chi connectivity index (χ0v) is 17.3. The molecule has 1 aromatic heterocycles. The molecule has 0 fully saturated rings. The van der Waals surface area contributed by atoms with E-state index in [4.69, 9.17) is 33.7 Å². The van der Waals surface area contributed by atoms with Gasteiger partial charge in [0, 0.05) is 9.90 Å². The molecule has 1 heterocycles. The third-order valence-electron chi connectivity index (χ3n) is 4.56. The van der Waals surface area contributed by atoms with Gasteiger partial charge in [-0.25, -0.2) is 0 Å². The Bertz CT molecular complexity index is 897. The van der Waals surface area contributed by atoms with Gasteiger partial charge in [-0.1, -0.05) is 30.1 Å². The molecule has 0 saturated carbocycles. The van der Waals surface area contributed by atoms with E-state index in [2.05, 4.69) is 12.2 Å². The molecule has 1 aliphatic rings. The number of primary amides is 1. The fourth-order valence-corrected chi connectivity index (χ4v) is 5.00. The number of carbonyl (C=O) groups is 2. The Morgan fingerprint density at radius 2 is 2.11 bits per heavy atom. The standard InChI is InChI=1S/C19H20Cl2N2O3S/c1-9-3-5-12-15(7-9)27-19(16(12)17(22)24)23-18(25)10(2)26-14-6-4-11(20)8-13(14)21/h4,6,8-10H,3,5,7H2,1-2H3,(H2,22,24)(H,23,25)/t9-,10+/m0/s1. The van der Waals surface area contributed by atoms with Crippen molar-refractivity contribution in [2.24, 2.45) is 11.7 Å². The Morgan fingerprint density at radius 1 is 1.37 bits per heavy atom. The number of amides is 2. The van der Waals surface area contributed by atoms with Crippen molar-refractivity contribution in [1.29, 1.82) is 0 Å². The molecule has 0 unspecified atom stereocenters. The number of thiophene rings is 1. The van der Waals surface area contributed by atoms with Crippen LogP contribution in [0.4, 0.5) is 5.00 Å². The van der Waals surface area contributed by atoms with Crippen molar-refractivity contribution in [3.63, 3.8) is 0 Å². The van der Waals surface area contributed by atoms with Gasteiger partial charge in [0.05, 0.1) is 10.6 Å². The minimum absolute atomic E-state index is 0.320. The van der Waals surface area contributed by atoms with Crippen molar-refractivity contribution in [2.45, 2.75) is 39.2 Å². The zero-order valence-electron chi connectivity index (χ0n) is 15.0. The molecule has 3 N–H and O–H groups in total. The van der Waals surface area contributed by atoms with Crippen LogP contribution in [0.2, 0.25) is 10.0 Å². The summed E-state index contributed by atoms with van der Waals surface area (Å²) in [5, 5.41) is 4.09. The van der Waals surface area contributed by atoms with E-state index in [9.17, 15) is 9.59 Å². The molecule has 5 nitrogen and oxygen atoms in total. The van der Waals surface area contributed by atoms with Gasteiger partial charge in [0.15, 0.2) is 6.10 Å². The largest absolute Gasteiger partial charge is 0.479 e. The van der Waals surface area contributed by atoms with Crippen molar-refractivity contribution in [3.05, 3.63) is 44.2 Å². The minimum atomic E-state index is -0.817. The maximum Gasteiger partial charge on any atom is 0.265 e. The maximum absolute atomic E-state index is 12.6. The molecular formula is C19H20Cl2N2O3S. The molecule has 3 rings (SSSR count). The van der Waals surface area contributed by atoms with E-state index in [1.807, 2.05) is 0 Å². The molecule has 27 heavy (non-hydrogen) atoms. The van der Waals surface area contributed by atoms with E-state index < -0.39 is 12.0 Å². The number of anilines is 1. The SMILES string of the molecule is C[C@H]1CCc2c(sc(NC(=O)[C@@H](C)Oc3ccc(Cl)cc3Cl)c2C(N)=O)C1. The number of rotatable bonds is 5. The number of nitrogens with one attached hydrogen (secondary N) is 1. The molecule has 2 amide bonds. The van der Waals surface area contributed by atoms with E-state index in [-0.39, 0.29) is 5.91 Å². The first-order valence-electron chi connectivity index (χ1n) is 8.63. The van der Waals surface area contributed by atoms with Gasteiger partial charge in [-0.2, -0.15) is 0 Å². The lowest BCUT2D eigenvalue weighted by Crippen LogP contribution is -2.30. The summed E-state index contributed by atoms with van der Waals surface area (Å²) >= 11 is 13.4. The van der Waals surface area contributed by atoms with Gasteiger partial charge in [-0.3, -0.25) is 9.59 Å². The first kappa shape index (κ1) is 20.0. The van der Waals surface area contributed by atoms with Crippen molar-refractivity contribution >= 4 is 51.4 Å². The van der Waals surface area contributed by atoms with Gasteiger partial charge in [-0.15, -0.1) is 11.3 Å². The first-order chi connectivity index (χ1) is 12.8. The van der Waals surface area contributed by atoms with E-state index in [1.54, 1.807) is 25.1 Å². The van der Waals surface area contributed by atoms with Crippen LogP contribution in [0.15, 0.2) is 18.2 Å². The summed E-state index contributed by atoms with van der Waals surface area (Å²) in [6, 6.07) is 4.78. The lowest BCUT2D eigenvalue weighted by Gasteiger charge is -2.18. The fraction of sp³-hybridized carbons (Fsp3) is 0.368. The summed E-state index contributed by atoms with van der Waals surface area (Å²) in [7, 11) is 0. The molecule has 1 aliphatic carbocycles. The average Bonchev–Trinajstić information content (AvgIpc) is 2.94. The van der Waals surface area contributed by atoms with E-state index in [1.165, 1.54) is 11.3 Å². The Labute approximate surface area is 171 Å². The highest BCUT2D eigenvalue weighted by Gasteiger charge is 2.28. The summed E-state index contributed by atoms with van der Waals surface area (Å²) < 4.78 is 5.64. The molecule has 0 radical (unpaired) electrons. The Balaban J connectivity index is 1.78. The summed E-state index contributed by atoms with van der Waals surface area (Å²) in [5.74, 6) is 0.00899. The van der Waals surface area contributed by atoms with Gasteiger partial charge >= 0.3 is 0 Å². The van der Waals surface area contributed by atoms with Gasteiger partial charge < -0.3 is 15.8 Å². The number of nitrogens with two attached hydrogens (primary N) is 1. The second-order valence-corrected chi connectivity index (χ2v) is 8.69. The highest BCUT2D eigenvalue weighted by molar-refractivity contribution is 7.17. The van der Waals surface area contributed by atoms with Crippen molar-refractivity contribution < 1.29 is 14.3 Å². The molecule has 8 heteroatoms. The number of carbonyl (C=O) groups excluding carboxylic acids is 2. The number of hydrogen-bond acceptors (Lipinski definition) is 4. The molecule has 1 aromatic carbocycles. The molecule has 0 aliphatic heterocycles. The maximum atomic E-state index is 12.6. The lowest BCUT2D eigenvalue weighted by molar-refractivity contribution is -0.122. The van der Waals surface area contributed by atoms with Gasteiger partial charge in [0.2, 0.25) is 0 Å². The van der Waals surface area contributed by atoms with Gasteiger partial charge in [0.1, 0.15) is 10.8 Å². The van der Waals surface area contributed by atoms with E-state index >= 15 is 0 Å². The Morgan fingerprint density at radius 3 is 2.78 bits per heavy atom. The minimum Gasteiger partial charge on any atom is -0.479 e. The topological polar surface area (TPSA) is 81.4 Å².